The summed E-state index contributed by atoms with van der Waals surface area (Å²) >= 11 is 0. The van der Waals surface area contributed by atoms with Gasteiger partial charge in [-0.15, -0.1) is 0 Å². The number of alkyl halides is 3. The molecule has 0 fully saturated rings. The van der Waals surface area contributed by atoms with E-state index in [9.17, 15) is 27.6 Å². The number of ether oxygens (including phenoxy) is 1. The van der Waals surface area contributed by atoms with Crippen LogP contribution in [0.2, 0.25) is 0 Å². The maximum absolute atomic E-state index is 12.6. The highest BCUT2D eigenvalue weighted by Crippen LogP contribution is 2.29. The maximum Gasteiger partial charge on any atom is 0.416 e. The molecule has 6 nitrogen and oxygen atoms in total. The van der Waals surface area contributed by atoms with Crippen LogP contribution in [0.1, 0.15) is 45.2 Å². The van der Waals surface area contributed by atoms with Crippen LogP contribution in [-0.2, 0) is 26.9 Å². The summed E-state index contributed by atoms with van der Waals surface area (Å²) in [5.74, 6) is -0.586. The van der Waals surface area contributed by atoms with Gasteiger partial charge in [0.1, 0.15) is 17.9 Å². The molecule has 9 heteroatoms. The zero-order valence-electron chi connectivity index (χ0n) is 16.2. The van der Waals surface area contributed by atoms with Crippen molar-refractivity contribution in [2.45, 2.75) is 64.4 Å². The molecule has 0 aromatic heterocycles. The molecule has 28 heavy (non-hydrogen) atoms. The largest absolute Gasteiger partial charge is 0.444 e. The molecule has 0 bridgehead atoms. The molecule has 2 N–H and O–H groups in total. The third kappa shape index (κ3) is 8.41. The topological polar surface area (TPSA) is 84.5 Å². The van der Waals surface area contributed by atoms with E-state index in [1.165, 1.54) is 12.1 Å². The Morgan fingerprint density at radius 3 is 2.14 bits per heavy atom. The lowest BCUT2D eigenvalue weighted by molar-refractivity contribution is -0.137. The number of halogens is 3. The van der Waals surface area contributed by atoms with E-state index in [0.29, 0.717) is 11.8 Å². The van der Waals surface area contributed by atoms with E-state index in [2.05, 4.69) is 10.6 Å². The van der Waals surface area contributed by atoms with Crippen LogP contribution >= 0.6 is 0 Å². The van der Waals surface area contributed by atoms with Crippen LogP contribution in [0.3, 0.4) is 0 Å². The normalized spacial score (nSPS) is 14.0. The van der Waals surface area contributed by atoms with Gasteiger partial charge in [-0.1, -0.05) is 12.1 Å². The summed E-state index contributed by atoms with van der Waals surface area (Å²) < 4.78 is 42.8. The fourth-order valence-electron chi connectivity index (χ4n) is 2.36. The maximum atomic E-state index is 12.6. The van der Waals surface area contributed by atoms with E-state index in [1.54, 1.807) is 27.7 Å². The van der Waals surface area contributed by atoms with Crippen molar-refractivity contribution in [1.29, 1.82) is 0 Å². The van der Waals surface area contributed by atoms with Gasteiger partial charge in [0.2, 0.25) is 5.91 Å². The molecule has 2 unspecified atom stereocenters. The summed E-state index contributed by atoms with van der Waals surface area (Å²) in [6, 6.07) is 3.09. The molecule has 0 saturated heterocycles. The highest BCUT2D eigenvalue weighted by molar-refractivity contribution is 5.87. The van der Waals surface area contributed by atoms with E-state index >= 15 is 0 Å². The first-order valence-electron chi connectivity index (χ1n) is 8.71. The number of benzene rings is 1. The standard InChI is InChI=1S/C19H25F3N2O4/c1-12(11-13-5-7-14(8-6-13)19(20,21)22)23-16(26)15(9-10-25)24-17(27)28-18(2,3)4/h5-8,10,12,15H,9,11H2,1-4H3,(H,23,26)(H,24,27). The fraction of sp³-hybridized carbons (Fsp3) is 0.526. The molecule has 2 atom stereocenters. The minimum absolute atomic E-state index is 0.238. The van der Waals surface area contributed by atoms with Gasteiger partial charge in [0.05, 0.1) is 5.56 Å². The molecule has 0 aliphatic rings. The molecule has 1 aromatic rings. The third-order valence-electron chi connectivity index (χ3n) is 3.55. The smallest absolute Gasteiger partial charge is 0.416 e. The Hall–Kier alpha value is -2.58. The van der Waals surface area contributed by atoms with Crippen molar-refractivity contribution in [3.63, 3.8) is 0 Å². The second kappa shape index (κ2) is 9.57. The van der Waals surface area contributed by atoms with Crippen LogP contribution in [0.4, 0.5) is 18.0 Å². The zero-order chi connectivity index (χ0) is 21.5. The van der Waals surface area contributed by atoms with Crippen molar-refractivity contribution >= 4 is 18.3 Å². The third-order valence-corrected chi connectivity index (χ3v) is 3.55. The number of carbonyl (C=O) groups is 3. The van der Waals surface area contributed by atoms with E-state index in [-0.39, 0.29) is 12.8 Å². The molecule has 0 heterocycles. The zero-order valence-corrected chi connectivity index (χ0v) is 16.2. The molecule has 0 aliphatic carbocycles. The van der Waals surface area contributed by atoms with Crippen molar-refractivity contribution in [1.82, 2.24) is 10.6 Å². The Kier molecular flexibility index (Phi) is 8.01. The minimum Gasteiger partial charge on any atom is -0.444 e. The number of alkyl carbamates (subject to hydrolysis) is 1. The molecule has 0 saturated carbocycles. The number of rotatable bonds is 7. The van der Waals surface area contributed by atoms with E-state index in [0.717, 1.165) is 12.1 Å². The van der Waals surface area contributed by atoms with Gasteiger partial charge >= 0.3 is 12.3 Å². The van der Waals surface area contributed by atoms with E-state index < -0.39 is 41.4 Å². The highest BCUT2D eigenvalue weighted by atomic mass is 19.4. The van der Waals surface area contributed by atoms with Crippen LogP contribution in [0.15, 0.2) is 24.3 Å². The fourth-order valence-corrected chi connectivity index (χ4v) is 2.36. The summed E-state index contributed by atoms with van der Waals surface area (Å²) in [5.41, 5.74) is -0.907. The summed E-state index contributed by atoms with van der Waals surface area (Å²) in [7, 11) is 0. The molecular weight excluding hydrogens is 377 g/mol. The van der Waals surface area contributed by atoms with Crippen LogP contribution in [0.25, 0.3) is 0 Å². The van der Waals surface area contributed by atoms with Crippen LogP contribution < -0.4 is 10.6 Å². The van der Waals surface area contributed by atoms with E-state index in [1.807, 2.05) is 0 Å². The van der Waals surface area contributed by atoms with Gasteiger partial charge in [0.15, 0.2) is 0 Å². The van der Waals surface area contributed by atoms with Crippen LogP contribution in [0.5, 0.6) is 0 Å². The summed E-state index contributed by atoms with van der Waals surface area (Å²) in [4.78, 5) is 35.0. The first-order valence-corrected chi connectivity index (χ1v) is 8.71. The Balaban J connectivity index is 2.66. The second-order valence-electron chi connectivity index (χ2n) is 7.41. The number of hydrogen-bond acceptors (Lipinski definition) is 4. The van der Waals surface area contributed by atoms with Gasteiger partial charge in [-0.25, -0.2) is 4.79 Å². The number of nitrogens with one attached hydrogen (secondary N) is 2. The molecular formula is C19H25F3N2O4. The minimum atomic E-state index is -4.41. The van der Waals surface area contributed by atoms with Gasteiger partial charge in [-0.3, -0.25) is 4.79 Å². The number of aldehydes is 1. The quantitative estimate of drug-likeness (QED) is 0.686. The predicted octanol–water partition coefficient (Wildman–Crippen LogP) is 3.23. The van der Waals surface area contributed by atoms with Gasteiger partial charge in [-0.05, 0) is 51.8 Å². The average Bonchev–Trinajstić information content (AvgIpc) is 2.52. The number of carbonyl (C=O) groups excluding carboxylic acids is 3. The Morgan fingerprint density at radius 1 is 1.11 bits per heavy atom. The van der Waals surface area contributed by atoms with Crippen LogP contribution in [-0.4, -0.2) is 36.0 Å². The average molecular weight is 402 g/mol. The second-order valence-corrected chi connectivity index (χ2v) is 7.41. The van der Waals surface area contributed by atoms with Gasteiger partial charge < -0.3 is 20.2 Å². The van der Waals surface area contributed by atoms with Crippen LogP contribution in [0, 0.1) is 0 Å². The first kappa shape index (κ1) is 23.5. The van der Waals surface area contributed by atoms with Crippen molar-refractivity contribution in [3.8, 4) is 0 Å². The molecule has 0 aliphatic heterocycles. The van der Waals surface area contributed by atoms with Crippen molar-refractivity contribution in [2.24, 2.45) is 0 Å². The van der Waals surface area contributed by atoms with Gasteiger partial charge in [0, 0.05) is 12.5 Å². The SMILES string of the molecule is CC(Cc1ccc(C(F)(F)F)cc1)NC(=O)C(CC=O)NC(=O)OC(C)(C)C. The Morgan fingerprint density at radius 2 is 1.68 bits per heavy atom. The molecule has 0 spiro atoms. The lowest BCUT2D eigenvalue weighted by Gasteiger charge is -2.23. The summed E-state index contributed by atoms with van der Waals surface area (Å²) in [5, 5.41) is 4.97. The Bertz CT molecular complexity index is 682. The molecule has 1 aromatic carbocycles. The molecule has 1 rings (SSSR count). The van der Waals surface area contributed by atoms with Gasteiger partial charge in [-0.2, -0.15) is 13.2 Å². The summed E-state index contributed by atoms with van der Waals surface area (Å²) in [6.45, 7) is 6.65. The number of amides is 2. The van der Waals surface area contributed by atoms with Crippen molar-refractivity contribution < 1.29 is 32.3 Å². The highest BCUT2D eigenvalue weighted by Gasteiger charge is 2.30. The molecule has 2 amide bonds. The molecule has 0 radical (unpaired) electrons. The summed E-state index contributed by atoms with van der Waals surface area (Å²) in [6.07, 6.45) is -4.69. The monoisotopic (exact) mass is 402 g/mol. The van der Waals surface area contributed by atoms with Crippen molar-refractivity contribution in [3.05, 3.63) is 35.4 Å². The van der Waals surface area contributed by atoms with Gasteiger partial charge in [0.25, 0.3) is 0 Å². The lowest BCUT2D eigenvalue weighted by Crippen LogP contribution is -2.50. The first-order chi connectivity index (χ1) is 12.8. The van der Waals surface area contributed by atoms with Crippen molar-refractivity contribution in [2.75, 3.05) is 0 Å². The van der Waals surface area contributed by atoms with E-state index in [4.69, 9.17) is 4.74 Å². The Labute approximate surface area is 161 Å². The molecule has 156 valence electrons. The predicted molar refractivity (Wildman–Crippen MR) is 96.6 cm³/mol. The lowest BCUT2D eigenvalue weighted by atomic mass is 10.0. The number of hydrogen-bond donors (Lipinski definition) is 2.